The molecule has 22 heavy (non-hydrogen) atoms. The molecule has 0 aliphatic rings. The smallest absolute Gasteiger partial charge is 0.226 e. The first kappa shape index (κ1) is 16.6. The fourth-order valence-corrected chi connectivity index (χ4v) is 2.49. The maximum atomic E-state index is 12.0. The molecule has 0 aliphatic carbocycles. The summed E-state index contributed by atoms with van der Waals surface area (Å²) in [5.74, 6) is 0.0207. The molecule has 0 aliphatic heterocycles. The van der Waals surface area contributed by atoms with E-state index in [0.29, 0.717) is 13.0 Å². The van der Waals surface area contributed by atoms with Crippen molar-refractivity contribution in [2.24, 2.45) is 0 Å². The normalized spacial score (nSPS) is 10.4. The van der Waals surface area contributed by atoms with E-state index in [9.17, 15) is 4.79 Å². The maximum Gasteiger partial charge on any atom is 0.226 e. The molecule has 0 saturated heterocycles. The number of halogens is 1. The highest BCUT2D eigenvalue weighted by Gasteiger charge is 2.05. The van der Waals surface area contributed by atoms with Crippen molar-refractivity contribution in [2.45, 2.75) is 27.2 Å². The van der Waals surface area contributed by atoms with E-state index in [-0.39, 0.29) is 5.91 Å². The third-order valence-electron chi connectivity index (χ3n) is 3.52. The average Bonchev–Trinajstić information content (AvgIpc) is 2.47. The van der Waals surface area contributed by atoms with Crippen molar-refractivity contribution in [1.29, 1.82) is 0 Å². The van der Waals surface area contributed by atoms with E-state index < -0.39 is 0 Å². The lowest BCUT2D eigenvalue weighted by atomic mass is 10.1. The first-order valence-corrected chi connectivity index (χ1v) is 8.12. The number of hydrogen-bond acceptors (Lipinski definition) is 2. The van der Waals surface area contributed by atoms with Crippen LogP contribution in [-0.4, -0.2) is 12.5 Å². The van der Waals surface area contributed by atoms with E-state index >= 15 is 0 Å². The predicted octanol–water partition coefficient (Wildman–Crippen LogP) is 4.82. The van der Waals surface area contributed by atoms with Crippen LogP contribution in [0.3, 0.4) is 0 Å². The number of benzene rings is 2. The molecular weight excluding hydrogens is 340 g/mol. The van der Waals surface area contributed by atoms with Gasteiger partial charge in [-0.15, -0.1) is 0 Å². The van der Waals surface area contributed by atoms with Crippen molar-refractivity contribution < 1.29 is 4.79 Å². The van der Waals surface area contributed by atoms with Crippen molar-refractivity contribution in [3.05, 3.63) is 57.6 Å². The molecule has 2 aromatic rings. The SMILES string of the molecule is Cc1ccc(C)c(NC(=O)CCNc2ccc(C)c(Br)c2)c1. The molecule has 0 atom stereocenters. The van der Waals surface area contributed by atoms with Crippen molar-refractivity contribution >= 4 is 33.2 Å². The zero-order valence-electron chi connectivity index (χ0n) is 13.2. The molecule has 0 bridgehead atoms. The summed E-state index contributed by atoms with van der Waals surface area (Å²) in [6, 6.07) is 12.1. The van der Waals surface area contributed by atoms with Gasteiger partial charge in [0.1, 0.15) is 0 Å². The quantitative estimate of drug-likeness (QED) is 0.802. The molecule has 0 spiro atoms. The van der Waals surface area contributed by atoms with Gasteiger partial charge in [-0.25, -0.2) is 0 Å². The van der Waals surface area contributed by atoms with E-state index in [2.05, 4.69) is 26.6 Å². The molecular formula is C18H21BrN2O. The van der Waals surface area contributed by atoms with Gasteiger partial charge in [-0.3, -0.25) is 4.79 Å². The second kappa shape index (κ2) is 7.45. The van der Waals surface area contributed by atoms with Crippen LogP contribution in [0.1, 0.15) is 23.1 Å². The Morgan fingerprint density at radius 3 is 2.50 bits per heavy atom. The summed E-state index contributed by atoms with van der Waals surface area (Å²) in [6.07, 6.45) is 0.429. The van der Waals surface area contributed by atoms with Crippen LogP contribution < -0.4 is 10.6 Å². The van der Waals surface area contributed by atoms with Gasteiger partial charge in [0.25, 0.3) is 0 Å². The van der Waals surface area contributed by atoms with Gasteiger partial charge in [0, 0.05) is 28.8 Å². The molecule has 0 radical (unpaired) electrons. The average molecular weight is 361 g/mol. The third-order valence-corrected chi connectivity index (χ3v) is 4.37. The fourth-order valence-electron chi connectivity index (χ4n) is 2.11. The summed E-state index contributed by atoms with van der Waals surface area (Å²) in [6.45, 7) is 6.67. The lowest BCUT2D eigenvalue weighted by Gasteiger charge is -2.11. The number of amides is 1. The van der Waals surface area contributed by atoms with E-state index in [1.165, 1.54) is 5.56 Å². The number of anilines is 2. The van der Waals surface area contributed by atoms with Crippen LogP contribution in [0.2, 0.25) is 0 Å². The molecule has 1 amide bonds. The maximum absolute atomic E-state index is 12.0. The minimum atomic E-state index is 0.0207. The Morgan fingerprint density at radius 1 is 1.05 bits per heavy atom. The van der Waals surface area contributed by atoms with Gasteiger partial charge < -0.3 is 10.6 Å². The van der Waals surface area contributed by atoms with E-state index in [4.69, 9.17) is 0 Å². The zero-order chi connectivity index (χ0) is 16.1. The van der Waals surface area contributed by atoms with E-state index in [0.717, 1.165) is 27.0 Å². The number of carbonyl (C=O) groups is 1. The highest BCUT2D eigenvalue weighted by atomic mass is 79.9. The van der Waals surface area contributed by atoms with Gasteiger partial charge in [0.15, 0.2) is 0 Å². The summed E-state index contributed by atoms with van der Waals surface area (Å²) in [7, 11) is 0. The molecule has 116 valence electrons. The number of rotatable bonds is 5. The molecule has 0 unspecified atom stereocenters. The van der Waals surface area contributed by atoms with Crippen LogP contribution in [0.5, 0.6) is 0 Å². The number of nitrogens with one attached hydrogen (secondary N) is 2. The third kappa shape index (κ3) is 4.60. The topological polar surface area (TPSA) is 41.1 Å². The van der Waals surface area contributed by atoms with Crippen molar-refractivity contribution in [3.63, 3.8) is 0 Å². The van der Waals surface area contributed by atoms with Gasteiger partial charge >= 0.3 is 0 Å². The molecule has 0 heterocycles. The fraction of sp³-hybridized carbons (Fsp3) is 0.278. The first-order chi connectivity index (χ1) is 10.5. The van der Waals surface area contributed by atoms with Gasteiger partial charge in [0.2, 0.25) is 5.91 Å². The van der Waals surface area contributed by atoms with Crippen LogP contribution >= 0.6 is 15.9 Å². The van der Waals surface area contributed by atoms with Gasteiger partial charge in [-0.1, -0.05) is 34.1 Å². The minimum absolute atomic E-state index is 0.0207. The second-order valence-electron chi connectivity index (χ2n) is 5.51. The molecule has 2 rings (SSSR count). The highest BCUT2D eigenvalue weighted by molar-refractivity contribution is 9.10. The van der Waals surface area contributed by atoms with Crippen molar-refractivity contribution in [1.82, 2.24) is 0 Å². The van der Waals surface area contributed by atoms with E-state index in [1.54, 1.807) is 0 Å². The Labute approximate surface area is 140 Å². The standard InChI is InChI=1S/C18H21BrN2O/c1-12-4-5-14(3)17(10-12)21-18(22)8-9-20-15-7-6-13(2)16(19)11-15/h4-7,10-11,20H,8-9H2,1-3H3,(H,21,22). The Hall–Kier alpha value is -1.81. The van der Waals surface area contributed by atoms with Crippen LogP contribution in [0.4, 0.5) is 11.4 Å². The Kier molecular flexibility index (Phi) is 5.61. The molecule has 2 N–H and O–H groups in total. The Balaban J connectivity index is 1.85. The molecule has 0 fully saturated rings. The van der Waals surface area contributed by atoms with Gasteiger partial charge in [0.05, 0.1) is 0 Å². The van der Waals surface area contributed by atoms with Crippen LogP contribution in [0, 0.1) is 20.8 Å². The van der Waals surface area contributed by atoms with Crippen LogP contribution in [0.15, 0.2) is 40.9 Å². The van der Waals surface area contributed by atoms with Gasteiger partial charge in [-0.2, -0.15) is 0 Å². The second-order valence-corrected chi connectivity index (χ2v) is 6.36. The minimum Gasteiger partial charge on any atom is -0.384 e. The summed E-state index contributed by atoms with van der Waals surface area (Å²) in [5.41, 5.74) is 5.32. The lowest BCUT2D eigenvalue weighted by Crippen LogP contribution is -2.16. The van der Waals surface area contributed by atoms with E-state index in [1.807, 2.05) is 57.2 Å². The highest BCUT2D eigenvalue weighted by Crippen LogP contribution is 2.20. The number of hydrogen-bond donors (Lipinski definition) is 2. The van der Waals surface area contributed by atoms with Crippen molar-refractivity contribution in [2.75, 3.05) is 17.2 Å². The Morgan fingerprint density at radius 2 is 1.77 bits per heavy atom. The van der Waals surface area contributed by atoms with Gasteiger partial charge in [-0.05, 0) is 55.7 Å². The summed E-state index contributed by atoms with van der Waals surface area (Å²) >= 11 is 3.51. The summed E-state index contributed by atoms with van der Waals surface area (Å²) in [4.78, 5) is 12.0. The largest absolute Gasteiger partial charge is 0.384 e. The number of carbonyl (C=O) groups excluding carboxylic acids is 1. The molecule has 0 aromatic heterocycles. The molecule has 3 nitrogen and oxygen atoms in total. The molecule has 0 saturated carbocycles. The van der Waals surface area contributed by atoms with Crippen LogP contribution in [0.25, 0.3) is 0 Å². The zero-order valence-corrected chi connectivity index (χ0v) is 14.8. The summed E-state index contributed by atoms with van der Waals surface area (Å²) in [5, 5.41) is 6.23. The predicted molar refractivity (Wildman–Crippen MR) is 96.5 cm³/mol. The lowest BCUT2D eigenvalue weighted by molar-refractivity contribution is -0.115. The number of aryl methyl sites for hydroxylation is 3. The Bertz CT molecular complexity index is 683. The first-order valence-electron chi connectivity index (χ1n) is 7.33. The monoisotopic (exact) mass is 360 g/mol. The van der Waals surface area contributed by atoms with Crippen LogP contribution in [-0.2, 0) is 4.79 Å². The summed E-state index contributed by atoms with van der Waals surface area (Å²) < 4.78 is 1.07. The molecule has 2 aromatic carbocycles. The molecule has 4 heteroatoms. The van der Waals surface area contributed by atoms with Crippen molar-refractivity contribution in [3.8, 4) is 0 Å².